The first-order valence-electron chi connectivity index (χ1n) is 4.78. The van der Waals surface area contributed by atoms with Crippen LogP contribution in [0.1, 0.15) is 13.8 Å². The summed E-state index contributed by atoms with van der Waals surface area (Å²) in [6.07, 6.45) is -0.683. The molecule has 3 nitrogen and oxygen atoms in total. The Balaban J connectivity index is 2.57. The minimum Gasteiger partial charge on any atom is -0.479 e. The van der Waals surface area contributed by atoms with E-state index in [-0.39, 0.29) is 0 Å². The van der Waals surface area contributed by atoms with Crippen LogP contribution >= 0.6 is 11.6 Å². The van der Waals surface area contributed by atoms with Crippen molar-refractivity contribution in [3.05, 3.63) is 41.6 Å². The third-order valence-electron chi connectivity index (χ3n) is 1.73. The van der Waals surface area contributed by atoms with Crippen LogP contribution in [0.2, 0.25) is 5.02 Å². The lowest BCUT2D eigenvalue weighted by Gasteiger charge is -2.13. The summed E-state index contributed by atoms with van der Waals surface area (Å²) in [5.74, 6) is 0.439. The molecule has 1 aromatic rings. The van der Waals surface area contributed by atoms with E-state index in [4.69, 9.17) is 21.1 Å². The van der Waals surface area contributed by atoms with Crippen molar-refractivity contribution >= 4 is 17.6 Å². The number of carbonyl (C=O) groups is 1. The van der Waals surface area contributed by atoms with Crippen LogP contribution in [-0.4, -0.2) is 12.1 Å². The third-order valence-corrected chi connectivity index (χ3v) is 1.99. The third kappa shape index (κ3) is 3.95. The molecule has 1 atom stereocenters. The molecule has 1 aromatic carbocycles. The van der Waals surface area contributed by atoms with Gasteiger partial charge in [-0.2, -0.15) is 0 Å². The van der Waals surface area contributed by atoms with Crippen molar-refractivity contribution in [3.8, 4) is 5.75 Å². The van der Waals surface area contributed by atoms with Gasteiger partial charge in [0.05, 0.1) is 5.76 Å². The van der Waals surface area contributed by atoms with Gasteiger partial charge >= 0.3 is 5.97 Å². The molecule has 1 unspecified atom stereocenters. The Kier molecular flexibility index (Phi) is 4.38. The van der Waals surface area contributed by atoms with Crippen LogP contribution in [-0.2, 0) is 9.53 Å². The van der Waals surface area contributed by atoms with E-state index in [1.54, 1.807) is 38.1 Å². The topological polar surface area (TPSA) is 35.5 Å². The molecule has 16 heavy (non-hydrogen) atoms. The number of ether oxygens (including phenoxy) is 2. The molecule has 0 radical (unpaired) electrons. The lowest BCUT2D eigenvalue weighted by Crippen LogP contribution is -2.25. The molecule has 0 aliphatic rings. The molecule has 0 bridgehead atoms. The highest BCUT2D eigenvalue weighted by Gasteiger charge is 2.16. The number of rotatable bonds is 4. The summed E-state index contributed by atoms with van der Waals surface area (Å²) in [4.78, 5) is 11.4. The van der Waals surface area contributed by atoms with E-state index < -0.39 is 12.1 Å². The Morgan fingerprint density at radius 2 is 1.94 bits per heavy atom. The Bertz CT molecular complexity index is 384. The predicted octanol–water partition coefficient (Wildman–Crippen LogP) is 3.18. The number of benzene rings is 1. The van der Waals surface area contributed by atoms with Gasteiger partial charge in [0.15, 0.2) is 6.10 Å². The second-order valence-corrected chi connectivity index (χ2v) is 3.77. The number of hydrogen-bond donors (Lipinski definition) is 0. The van der Waals surface area contributed by atoms with Gasteiger partial charge in [-0.25, -0.2) is 4.79 Å². The number of halogens is 1. The molecule has 0 aliphatic heterocycles. The van der Waals surface area contributed by atoms with Crippen LogP contribution in [0.25, 0.3) is 0 Å². The standard InChI is InChI=1S/C12H13ClO3/c1-8(2)15-12(14)9(3)16-11-6-4-10(13)5-7-11/h4-7,9H,1H2,2-3H3. The number of hydrogen-bond acceptors (Lipinski definition) is 3. The van der Waals surface area contributed by atoms with E-state index in [0.717, 1.165) is 0 Å². The first kappa shape index (κ1) is 12.6. The highest BCUT2D eigenvalue weighted by atomic mass is 35.5. The average molecular weight is 241 g/mol. The molecule has 0 N–H and O–H groups in total. The summed E-state index contributed by atoms with van der Waals surface area (Å²) in [7, 11) is 0. The smallest absolute Gasteiger partial charge is 0.352 e. The Morgan fingerprint density at radius 1 is 1.38 bits per heavy atom. The summed E-state index contributed by atoms with van der Waals surface area (Å²) >= 11 is 5.72. The summed E-state index contributed by atoms with van der Waals surface area (Å²) in [6.45, 7) is 6.70. The van der Waals surface area contributed by atoms with Crippen LogP contribution in [0.15, 0.2) is 36.6 Å². The SMILES string of the molecule is C=C(C)OC(=O)C(C)Oc1ccc(Cl)cc1. The molecular weight excluding hydrogens is 228 g/mol. The first-order valence-corrected chi connectivity index (χ1v) is 5.16. The van der Waals surface area contributed by atoms with Crippen molar-refractivity contribution < 1.29 is 14.3 Å². The highest BCUT2D eigenvalue weighted by molar-refractivity contribution is 6.30. The predicted molar refractivity (Wildman–Crippen MR) is 62.4 cm³/mol. The normalized spacial score (nSPS) is 11.7. The zero-order valence-corrected chi connectivity index (χ0v) is 9.95. The van der Waals surface area contributed by atoms with Gasteiger partial charge in [0.2, 0.25) is 0 Å². The van der Waals surface area contributed by atoms with Crippen LogP contribution in [0, 0.1) is 0 Å². The van der Waals surface area contributed by atoms with Gasteiger partial charge < -0.3 is 9.47 Å². The van der Waals surface area contributed by atoms with Crippen molar-refractivity contribution in [2.45, 2.75) is 20.0 Å². The lowest BCUT2D eigenvalue weighted by atomic mass is 10.3. The van der Waals surface area contributed by atoms with Crippen LogP contribution in [0.3, 0.4) is 0 Å². The van der Waals surface area contributed by atoms with Gasteiger partial charge in [0.25, 0.3) is 0 Å². The van der Waals surface area contributed by atoms with Crippen LogP contribution in [0.4, 0.5) is 0 Å². The molecule has 0 amide bonds. The number of esters is 1. The zero-order valence-electron chi connectivity index (χ0n) is 9.20. The monoisotopic (exact) mass is 240 g/mol. The van der Waals surface area contributed by atoms with Gasteiger partial charge in [-0.15, -0.1) is 0 Å². The second-order valence-electron chi connectivity index (χ2n) is 3.34. The summed E-state index contributed by atoms with van der Waals surface area (Å²) in [5, 5.41) is 0.615. The maximum atomic E-state index is 11.4. The fraction of sp³-hybridized carbons (Fsp3) is 0.250. The molecule has 0 aromatic heterocycles. The summed E-state index contributed by atoms with van der Waals surface area (Å²) in [6, 6.07) is 6.75. The van der Waals surface area contributed by atoms with Gasteiger partial charge in [-0.05, 0) is 38.1 Å². The quantitative estimate of drug-likeness (QED) is 0.599. The van der Waals surface area contributed by atoms with Crippen molar-refractivity contribution in [3.63, 3.8) is 0 Å². The number of allylic oxidation sites excluding steroid dienone is 1. The highest BCUT2D eigenvalue weighted by Crippen LogP contribution is 2.17. The van der Waals surface area contributed by atoms with Crippen molar-refractivity contribution in [2.75, 3.05) is 0 Å². The zero-order chi connectivity index (χ0) is 12.1. The van der Waals surface area contributed by atoms with E-state index >= 15 is 0 Å². The lowest BCUT2D eigenvalue weighted by molar-refractivity contribution is -0.146. The molecule has 0 saturated carbocycles. The molecule has 0 heterocycles. The van der Waals surface area contributed by atoms with Gasteiger partial charge in [0, 0.05) is 5.02 Å². The molecule has 1 rings (SSSR count). The van der Waals surface area contributed by atoms with E-state index in [2.05, 4.69) is 6.58 Å². The molecular formula is C12H13ClO3. The minimum absolute atomic E-state index is 0.344. The average Bonchev–Trinajstić information content (AvgIpc) is 2.20. The van der Waals surface area contributed by atoms with Crippen LogP contribution in [0.5, 0.6) is 5.75 Å². The Hall–Kier alpha value is -1.48. The maximum absolute atomic E-state index is 11.4. The van der Waals surface area contributed by atoms with Gasteiger partial charge in [-0.3, -0.25) is 0 Å². The fourth-order valence-corrected chi connectivity index (χ4v) is 1.15. The Morgan fingerprint density at radius 3 is 2.44 bits per heavy atom. The molecule has 0 aliphatic carbocycles. The van der Waals surface area contributed by atoms with Crippen molar-refractivity contribution in [1.29, 1.82) is 0 Å². The fourth-order valence-electron chi connectivity index (χ4n) is 1.02. The summed E-state index contributed by atoms with van der Waals surface area (Å²) < 4.78 is 10.2. The molecule has 86 valence electrons. The van der Waals surface area contributed by atoms with Gasteiger partial charge in [0.1, 0.15) is 5.75 Å². The minimum atomic E-state index is -0.683. The molecule has 4 heteroatoms. The molecule has 0 saturated heterocycles. The van der Waals surface area contributed by atoms with E-state index in [9.17, 15) is 4.79 Å². The van der Waals surface area contributed by atoms with E-state index in [1.807, 2.05) is 0 Å². The largest absolute Gasteiger partial charge is 0.479 e. The van der Waals surface area contributed by atoms with Gasteiger partial charge in [-0.1, -0.05) is 18.2 Å². The first-order chi connectivity index (χ1) is 7.49. The Labute approximate surface area is 99.6 Å². The molecule has 0 spiro atoms. The van der Waals surface area contributed by atoms with E-state index in [1.165, 1.54) is 0 Å². The van der Waals surface area contributed by atoms with Crippen molar-refractivity contribution in [1.82, 2.24) is 0 Å². The number of carbonyl (C=O) groups excluding carboxylic acids is 1. The van der Waals surface area contributed by atoms with E-state index in [0.29, 0.717) is 16.5 Å². The molecule has 0 fully saturated rings. The second kappa shape index (κ2) is 5.56. The summed E-state index contributed by atoms with van der Waals surface area (Å²) in [5.41, 5.74) is 0. The maximum Gasteiger partial charge on any atom is 0.352 e. The van der Waals surface area contributed by atoms with Crippen LogP contribution < -0.4 is 4.74 Å². The van der Waals surface area contributed by atoms with Crippen molar-refractivity contribution in [2.24, 2.45) is 0 Å².